The van der Waals surface area contributed by atoms with Crippen molar-refractivity contribution >= 4 is 11.7 Å². The van der Waals surface area contributed by atoms with Gasteiger partial charge in [0.25, 0.3) is 5.91 Å². The van der Waals surface area contributed by atoms with Gasteiger partial charge in [-0.25, -0.2) is 9.37 Å². The van der Waals surface area contributed by atoms with Crippen LogP contribution in [0.15, 0.2) is 12.3 Å². The topological polar surface area (TPSA) is 54.5 Å². The zero-order valence-electron chi connectivity index (χ0n) is 9.57. The number of ether oxygens (including phenoxy) is 1. The third kappa shape index (κ3) is 2.52. The van der Waals surface area contributed by atoms with E-state index in [9.17, 15) is 9.18 Å². The fraction of sp³-hybridized carbons (Fsp3) is 0.455. The Morgan fingerprint density at radius 1 is 1.53 bits per heavy atom. The van der Waals surface area contributed by atoms with Crippen molar-refractivity contribution in [3.63, 3.8) is 0 Å². The van der Waals surface area contributed by atoms with Crippen molar-refractivity contribution in [3.05, 3.63) is 23.6 Å². The second-order valence-corrected chi connectivity index (χ2v) is 3.70. The van der Waals surface area contributed by atoms with Crippen LogP contribution in [0.25, 0.3) is 0 Å². The summed E-state index contributed by atoms with van der Waals surface area (Å²) >= 11 is 0. The Labute approximate surface area is 98.6 Å². The van der Waals surface area contributed by atoms with Crippen LogP contribution in [-0.2, 0) is 4.74 Å². The zero-order valence-corrected chi connectivity index (χ0v) is 9.57. The number of amides is 1. The van der Waals surface area contributed by atoms with Crippen LogP contribution in [0.5, 0.6) is 0 Å². The highest BCUT2D eigenvalue weighted by Crippen LogP contribution is 2.16. The molecule has 1 N–H and O–H groups in total. The highest BCUT2D eigenvalue weighted by Gasteiger charge is 2.21. The molecule has 6 heteroatoms. The summed E-state index contributed by atoms with van der Waals surface area (Å²) in [5, 5.41) is 2.79. The van der Waals surface area contributed by atoms with Gasteiger partial charge in [0.2, 0.25) is 0 Å². The zero-order chi connectivity index (χ0) is 12.3. The van der Waals surface area contributed by atoms with Crippen LogP contribution in [0.2, 0.25) is 0 Å². The molecular weight excluding hydrogens is 225 g/mol. The van der Waals surface area contributed by atoms with Gasteiger partial charge < -0.3 is 15.0 Å². The van der Waals surface area contributed by atoms with Crippen LogP contribution in [-0.4, -0.2) is 49.1 Å². The van der Waals surface area contributed by atoms with Gasteiger partial charge >= 0.3 is 0 Å². The summed E-state index contributed by atoms with van der Waals surface area (Å²) in [5.41, 5.74) is 0.259. The van der Waals surface area contributed by atoms with Crippen LogP contribution >= 0.6 is 0 Å². The molecule has 0 bridgehead atoms. The molecule has 5 nitrogen and oxygen atoms in total. The predicted molar refractivity (Wildman–Crippen MR) is 60.5 cm³/mol. The van der Waals surface area contributed by atoms with Gasteiger partial charge in [0, 0.05) is 20.1 Å². The molecule has 1 fully saturated rings. The van der Waals surface area contributed by atoms with Gasteiger partial charge in [-0.05, 0) is 6.07 Å². The molecule has 0 atom stereocenters. The number of nitrogens with zero attached hydrogens (tertiary/aromatic N) is 2. The summed E-state index contributed by atoms with van der Waals surface area (Å²) < 4.78 is 18.3. The van der Waals surface area contributed by atoms with E-state index in [1.165, 1.54) is 6.07 Å². The lowest BCUT2D eigenvalue weighted by molar-refractivity contribution is 0.0303. The number of rotatable bonds is 2. The quantitative estimate of drug-likeness (QED) is 0.826. The van der Waals surface area contributed by atoms with E-state index in [-0.39, 0.29) is 11.5 Å². The number of aromatic nitrogens is 1. The molecule has 0 radical (unpaired) electrons. The van der Waals surface area contributed by atoms with Crippen molar-refractivity contribution < 1.29 is 13.9 Å². The van der Waals surface area contributed by atoms with Gasteiger partial charge in [-0.3, -0.25) is 4.79 Å². The summed E-state index contributed by atoms with van der Waals surface area (Å²) in [6.45, 7) is 2.09. The van der Waals surface area contributed by atoms with Crippen LogP contribution in [0.1, 0.15) is 10.4 Å². The number of morpholine rings is 1. The highest BCUT2D eigenvalue weighted by atomic mass is 19.1. The molecule has 1 aliphatic rings. The molecule has 92 valence electrons. The molecular formula is C11H14FN3O2. The van der Waals surface area contributed by atoms with E-state index in [4.69, 9.17) is 4.74 Å². The van der Waals surface area contributed by atoms with E-state index in [1.54, 1.807) is 11.9 Å². The van der Waals surface area contributed by atoms with Crippen LogP contribution < -0.4 is 5.32 Å². The van der Waals surface area contributed by atoms with Crippen molar-refractivity contribution in [2.45, 2.75) is 0 Å². The predicted octanol–water partition coefficient (Wildman–Crippen LogP) is 0.735. The number of pyridine rings is 1. The number of hydrogen-bond donors (Lipinski definition) is 1. The third-order valence-corrected chi connectivity index (χ3v) is 2.62. The lowest BCUT2D eigenvalue weighted by atomic mass is 10.2. The van der Waals surface area contributed by atoms with Crippen molar-refractivity contribution in [3.8, 4) is 0 Å². The molecule has 1 aliphatic heterocycles. The van der Waals surface area contributed by atoms with E-state index < -0.39 is 5.82 Å². The second kappa shape index (κ2) is 5.09. The third-order valence-electron chi connectivity index (χ3n) is 2.62. The number of nitrogens with one attached hydrogen (secondary N) is 1. The molecule has 1 saturated heterocycles. The minimum absolute atomic E-state index is 0.218. The SMILES string of the molecule is CNc1ncc(F)cc1C(=O)N1CCOCC1. The maximum absolute atomic E-state index is 13.1. The largest absolute Gasteiger partial charge is 0.378 e. The normalized spacial score (nSPS) is 15.8. The average Bonchev–Trinajstić information content (AvgIpc) is 2.39. The first-order valence-corrected chi connectivity index (χ1v) is 5.42. The van der Waals surface area contributed by atoms with Gasteiger partial charge in [-0.2, -0.15) is 0 Å². The number of anilines is 1. The lowest BCUT2D eigenvalue weighted by Gasteiger charge is -2.27. The Bertz CT molecular complexity index is 419. The molecule has 1 amide bonds. The first-order valence-electron chi connectivity index (χ1n) is 5.42. The van der Waals surface area contributed by atoms with Crippen LogP contribution in [0.3, 0.4) is 0 Å². The van der Waals surface area contributed by atoms with E-state index >= 15 is 0 Å². The fourth-order valence-corrected chi connectivity index (χ4v) is 1.74. The van der Waals surface area contributed by atoms with Crippen molar-refractivity contribution in [1.29, 1.82) is 0 Å². The Kier molecular flexibility index (Phi) is 3.53. The first-order chi connectivity index (χ1) is 8.22. The molecule has 17 heavy (non-hydrogen) atoms. The summed E-state index contributed by atoms with van der Waals surface area (Å²) in [6, 6.07) is 1.20. The molecule has 1 aromatic rings. The minimum atomic E-state index is -0.513. The highest BCUT2D eigenvalue weighted by molar-refractivity contribution is 5.98. The first kappa shape index (κ1) is 11.8. The number of carbonyl (C=O) groups excluding carboxylic acids is 1. The summed E-state index contributed by atoms with van der Waals surface area (Å²) in [4.78, 5) is 17.6. The summed E-state index contributed by atoms with van der Waals surface area (Å²) in [7, 11) is 1.65. The molecule has 0 aliphatic carbocycles. The molecule has 0 aromatic carbocycles. The lowest BCUT2D eigenvalue weighted by Crippen LogP contribution is -2.41. The molecule has 2 heterocycles. The van der Waals surface area contributed by atoms with E-state index in [0.29, 0.717) is 32.1 Å². The molecule has 1 aromatic heterocycles. The Hall–Kier alpha value is -1.69. The summed E-state index contributed by atoms with van der Waals surface area (Å²) in [6.07, 6.45) is 1.09. The number of carbonyl (C=O) groups is 1. The standard InChI is InChI=1S/C11H14FN3O2/c1-13-10-9(6-8(12)7-14-10)11(16)15-2-4-17-5-3-15/h6-7H,2-5H2,1H3,(H,13,14). The smallest absolute Gasteiger partial charge is 0.257 e. The molecule has 0 spiro atoms. The Morgan fingerprint density at radius 2 is 2.24 bits per heavy atom. The maximum Gasteiger partial charge on any atom is 0.257 e. The Morgan fingerprint density at radius 3 is 2.88 bits per heavy atom. The second-order valence-electron chi connectivity index (χ2n) is 3.70. The Balaban J connectivity index is 2.25. The van der Waals surface area contributed by atoms with Crippen LogP contribution in [0, 0.1) is 5.82 Å². The maximum atomic E-state index is 13.1. The van der Waals surface area contributed by atoms with Gasteiger partial charge in [-0.15, -0.1) is 0 Å². The molecule has 2 rings (SSSR count). The van der Waals surface area contributed by atoms with E-state index in [0.717, 1.165) is 6.20 Å². The van der Waals surface area contributed by atoms with Gasteiger partial charge in [-0.1, -0.05) is 0 Å². The monoisotopic (exact) mass is 239 g/mol. The van der Waals surface area contributed by atoms with Crippen LogP contribution in [0.4, 0.5) is 10.2 Å². The fourth-order valence-electron chi connectivity index (χ4n) is 1.74. The summed E-state index contributed by atoms with van der Waals surface area (Å²) in [5.74, 6) is -0.340. The van der Waals surface area contributed by atoms with Crippen molar-refractivity contribution in [2.24, 2.45) is 0 Å². The van der Waals surface area contributed by atoms with Crippen molar-refractivity contribution in [1.82, 2.24) is 9.88 Å². The van der Waals surface area contributed by atoms with Gasteiger partial charge in [0.05, 0.1) is 25.0 Å². The van der Waals surface area contributed by atoms with Gasteiger partial charge in [0.15, 0.2) is 0 Å². The number of hydrogen-bond acceptors (Lipinski definition) is 4. The van der Waals surface area contributed by atoms with Gasteiger partial charge in [0.1, 0.15) is 11.6 Å². The minimum Gasteiger partial charge on any atom is -0.378 e. The van der Waals surface area contributed by atoms with E-state index in [2.05, 4.69) is 10.3 Å². The molecule has 0 unspecified atom stereocenters. The van der Waals surface area contributed by atoms with E-state index in [1.807, 2.05) is 0 Å². The average molecular weight is 239 g/mol. The molecule has 0 saturated carbocycles. The number of halogens is 1. The van der Waals surface area contributed by atoms with Crippen molar-refractivity contribution in [2.75, 3.05) is 38.7 Å².